The first-order valence-electron chi connectivity index (χ1n) is 6.02. The number of hydrogen-bond acceptors (Lipinski definition) is 3. The van der Waals surface area contributed by atoms with Crippen molar-refractivity contribution in [3.63, 3.8) is 0 Å². The molecular formula is C14H23NO2. The van der Waals surface area contributed by atoms with Crippen LogP contribution < -0.4 is 5.32 Å². The van der Waals surface area contributed by atoms with E-state index in [0.29, 0.717) is 13.2 Å². The number of rotatable bonds is 6. The summed E-state index contributed by atoms with van der Waals surface area (Å²) in [6.45, 7) is 7.27. The van der Waals surface area contributed by atoms with Gasteiger partial charge in [-0.15, -0.1) is 0 Å². The van der Waals surface area contributed by atoms with Crippen LogP contribution >= 0.6 is 0 Å². The minimum atomic E-state index is -0.451. The number of aryl methyl sites for hydroxylation is 1. The van der Waals surface area contributed by atoms with Crippen molar-refractivity contribution < 1.29 is 9.84 Å². The first-order chi connectivity index (χ1) is 8.06. The van der Waals surface area contributed by atoms with E-state index in [0.717, 1.165) is 0 Å². The Morgan fingerprint density at radius 1 is 1.35 bits per heavy atom. The van der Waals surface area contributed by atoms with E-state index >= 15 is 0 Å². The molecule has 0 amide bonds. The highest BCUT2D eigenvalue weighted by Gasteiger charge is 2.11. The van der Waals surface area contributed by atoms with E-state index in [1.807, 2.05) is 0 Å². The zero-order chi connectivity index (χ0) is 12.8. The molecule has 17 heavy (non-hydrogen) atoms. The summed E-state index contributed by atoms with van der Waals surface area (Å²) in [5.74, 6) is 0. The molecule has 0 heterocycles. The summed E-state index contributed by atoms with van der Waals surface area (Å²) < 4.78 is 4.89. The average Bonchev–Trinajstić information content (AvgIpc) is 2.30. The number of hydrogen-bond donors (Lipinski definition) is 2. The highest BCUT2D eigenvalue weighted by Crippen LogP contribution is 2.19. The molecule has 0 spiro atoms. The van der Waals surface area contributed by atoms with Crippen LogP contribution in [0.5, 0.6) is 0 Å². The first kappa shape index (κ1) is 14.2. The molecule has 1 aromatic rings. The molecule has 0 aromatic heterocycles. The van der Waals surface area contributed by atoms with Gasteiger partial charge < -0.3 is 15.2 Å². The summed E-state index contributed by atoms with van der Waals surface area (Å²) in [5, 5.41) is 12.9. The van der Waals surface area contributed by atoms with E-state index in [4.69, 9.17) is 4.74 Å². The summed E-state index contributed by atoms with van der Waals surface area (Å²) in [7, 11) is 1.59. The molecule has 0 saturated carbocycles. The smallest absolute Gasteiger partial charge is 0.0897 e. The lowest BCUT2D eigenvalue weighted by atomic mass is 9.98. The number of benzene rings is 1. The average molecular weight is 237 g/mol. The van der Waals surface area contributed by atoms with Gasteiger partial charge in [-0.2, -0.15) is 0 Å². The maximum atomic E-state index is 9.58. The van der Waals surface area contributed by atoms with Gasteiger partial charge in [-0.1, -0.05) is 18.2 Å². The van der Waals surface area contributed by atoms with E-state index < -0.39 is 6.10 Å². The minimum Gasteiger partial charge on any atom is -0.389 e. The monoisotopic (exact) mass is 237 g/mol. The van der Waals surface area contributed by atoms with E-state index in [2.05, 4.69) is 44.3 Å². The highest BCUT2D eigenvalue weighted by atomic mass is 16.5. The number of nitrogens with one attached hydrogen (secondary N) is 1. The lowest BCUT2D eigenvalue weighted by molar-refractivity contribution is 0.0630. The van der Waals surface area contributed by atoms with Crippen LogP contribution in [-0.4, -0.2) is 31.5 Å². The molecule has 0 fully saturated rings. The Morgan fingerprint density at radius 3 is 2.71 bits per heavy atom. The predicted molar refractivity (Wildman–Crippen MR) is 70.2 cm³/mol. The maximum Gasteiger partial charge on any atom is 0.0897 e. The predicted octanol–water partition coefficient (Wildman–Crippen LogP) is 1.96. The molecule has 2 unspecified atom stereocenters. The molecule has 3 heteroatoms. The highest BCUT2D eigenvalue weighted by molar-refractivity contribution is 5.34. The van der Waals surface area contributed by atoms with E-state index in [1.54, 1.807) is 7.11 Å². The lowest BCUT2D eigenvalue weighted by Crippen LogP contribution is -2.32. The van der Waals surface area contributed by atoms with Crippen LogP contribution in [0.15, 0.2) is 18.2 Å². The number of ether oxygens (including phenoxy) is 1. The third kappa shape index (κ3) is 4.11. The van der Waals surface area contributed by atoms with Crippen molar-refractivity contribution in [2.75, 3.05) is 20.3 Å². The molecule has 96 valence electrons. The van der Waals surface area contributed by atoms with Crippen LogP contribution in [0.4, 0.5) is 0 Å². The molecule has 2 atom stereocenters. The fourth-order valence-corrected chi connectivity index (χ4v) is 1.92. The minimum absolute atomic E-state index is 0.237. The second-order valence-electron chi connectivity index (χ2n) is 4.53. The van der Waals surface area contributed by atoms with Crippen LogP contribution in [0, 0.1) is 13.8 Å². The van der Waals surface area contributed by atoms with Gasteiger partial charge in [-0.25, -0.2) is 0 Å². The van der Waals surface area contributed by atoms with Crippen molar-refractivity contribution in [2.24, 2.45) is 0 Å². The summed E-state index contributed by atoms with van der Waals surface area (Å²) in [6, 6.07) is 6.55. The van der Waals surface area contributed by atoms with Gasteiger partial charge in [0.05, 0.1) is 12.7 Å². The Morgan fingerprint density at radius 2 is 2.06 bits per heavy atom. The van der Waals surface area contributed by atoms with Crippen molar-refractivity contribution in [3.8, 4) is 0 Å². The molecule has 0 aliphatic carbocycles. The van der Waals surface area contributed by atoms with Gasteiger partial charge in [0.1, 0.15) is 0 Å². The Labute approximate surface area is 104 Å². The molecule has 0 aliphatic rings. The lowest BCUT2D eigenvalue weighted by Gasteiger charge is -2.19. The maximum absolute atomic E-state index is 9.58. The van der Waals surface area contributed by atoms with Gasteiger partial charge in [-0.05, 0) is 37.5 Å². The summed E-state index contributed by atoms with van der Waals surface area (Å²) in [6.07, 6.45) is -0.451. The second kappa shape index (κ2) is 6.74. The fourth-order valence-electron chi connectivity index (χ4n) is 1.92. The third-order valence-corrected chi connectivity index (χ3v) is 3.13. The van der Waals surface area contributed by atoms with Gasteiger partial charge in [0.25, 0.3) is 0 Å². The first-order valence-corrected chi connectivity index (χ1v) is 6.02. The zero-order valence-electron chi connectivity index (χ0n) is 11.2. The van der Waals surface area contributed by atoms with Gasteiger partial charge in [0.15, 0.2) is 0 Å². The SMILES string of the molecule is COCC(O)CNC(C)c1cccc(C)c1C. The van der Waals surface area contributed by atoms with E-state index in [-0.39, 0.29) is 6.04 Å². The van der Waals surface area contributed by atoms with Gasteiger partial charge in [0.2, 0.25) is 0 Å². The summed E-state index contributed by atoms with van der Waals surface area (Å²) in [5.41, 5.74) is 3.90. The topological polar surface area (TPSA) is 41.5 Å². The standard InChI is InChI=1S/C14H23NO2/c1-10-6-5-7-14(11(10)2)12(3)15-8-13(16)9-17-4/h5-7,12-13,15-16H,8-9H2,1-4H3. The molecule has 0 radical (unpaired) electrons. The van der Waals surface area contributed by atoms with Crippen molar-refractivity contribution in [2.45, 2.75) is 32.9 Å². The van der Waals surface area contributed by atoms with Gasteiger partial charge in [0, 0.05) is 19.7 Å². The van der Waals surface area contributed by atoms with Crippen LogP contribution in [0.2, 0.25) is 0 Å². The summed E-state index contributed by atoms with van der Waals surface area (Å²) in [4.78, 5) is 0. The molecule has 1 aromatic carbocycles. The number of aliphatic hydroxyl groups excluding tert-OH is 1. The Hall–Kier alpha value is -0.900. The molecule has 0 bridgehead atoms. The van der Waals surface area contributed by atoms with E-state index in [9.17, 15) is 5.11 Å². The Bertz CT molecular complexity index is 352. The quantitative estimate of drug-likeness (QED) is 0.794. The van der Waals surface area contributed by atoms with E-state index in [1.165, 1.54) is 16.7 Å². The normalized spacial score (nSPS) is 14.6. The molecular weight excluding hydrogens is 214 g/mol. The molecule has 2 N–H and O–H groups in total. The van der Waals surface area contributed by atoms with Crippen LogP contribution in [0.1, 0.15) is 29.7 Å². The third-order valence-electron chi connectivity index (χ3n) is 3.13. The van der Waals surface area contributed by atoms with Gasteiger partial charge >= 0.3 is 0 Å². The summed E-state index contributed by atoms with van der Waals surface area (Å²) >= 11 is 0. The van der Waals surface area contributed by atoms with Crippen LogP contribution in [-0.2, 0) is 4.74 Å². The van der Waals surface area contributed by atoms with Crippen LogP contribution in [0.3, 0.4) is 0 Å². The zero-order valence-corrected chi connectivity index (χ0v) is 11.2. The molecule has 0 saturated heterocycles. The molecule has 0 aliphatic heterocycles. The fraction of sp³-hybridized carbons (Fsp3) is 0.571. The Kier molecular flexibility index (Phi) is 5.62. The second-order valence-corrected chi connectivity index (χ2v) is 4.53. The van der Waals surface area contributed by atoms with Crippen molar-refractivity contribution in [1.82, 2.24) is 5.32 Å². The molecule has 3 nitrogen and oxygen atoms in total. The van der Waals surface area contributed by atoms with Gasteiger partial charge in [-0.3, -0.25) is 0 Å². The van der Waals surface area contributed by atoms with Crippen LogP contribution in [0.25, 0.3) is 0 Å². The number of aliphatic hydroxyl groups is 1. The number of methoxy groups -OCH3 is 1. The van der Waals surface area contributed by atoms with Crippen molar-refractivity contribution in [3.05, 3.63) is 34.9 Å². The largest absolute Gasteiger partial charge is 0.389 e. The van der Waals surface area contributed by atoms with Crippen molar-refractivity contribution >= 4 is 0 Å². The van der Waals surface area contributed by atoms with Crippen molar-refractivity contribution in [1.29, 1.82) is 0 Å². The Balaban J connectivity index is 2.58. The molecule has 1 rings (SSSR count).